The van der Waals surface area contributed by atoms with Crippen LogP contribution < -0.4 is 10.1 Å². The predicted octanol–water partition coefficient (Wildman–Crippen LogP) is 2.38. The van der Waals surface area contributed by atoms with Gasteiger partial charge in [0.05, 0.1) is 7.11 Å². The number of benzene rings is 1. The van der Waals surface area contributed by atoms with Crippen LogP contribution in [-0.2, 0) is 4.74 Å². The molecular weight excluding hydrogens is 202 g/mol. The Balaban J connectivity index is 2.42. The van der Waals surface area contributed by atoms with E-state index in [2.05, 4.69) is 24.4 Å². The summed E-state index contributed by atoms with van der Waals surface area (Å²) in [6, 6.07) is 8.49. The van der Waals surface area contributed by atoms with Crippen molar-refractivity contribution in [1.29, 1.82) is 0 Å². The minimum atomic E-state index is 0.340. The standard InChI is InChI=1S/C13H21NO2/c1-11(14-8-5-9-15-2)12-6-4-7-13(10-12)16-3/h4,6-7,10-11,14H,5,8-9H2,1-3H3/t11-/m1/s1. The largest absolute Gasteiger partial charge is 0.497 e. The molecule has 0 bridgehead atoms. The number of hydrogen-bond acceptors (Lipinski definition) is 3. The van der Waals surface area contributed by atoms with Crippen LogP contribution in [0.15, 0.2) is 24.3 Å². The van der Waals surface area contributed by atoms with E-state index in [1.165, 1.54) is 5.56 Å². The van der Waals surface area contributed by atoms with Crippen LogP contribution in [0.2, 0.25) is 0 Å². The van der Waals surface area contributed by atoms with Crippen molar-refractivity contribution in [3.63, 3.8) is 0 Å². The second-order valence-corrected chi connectivity index (χ2v) is 3.80. The summed E-state index contributed by atoms with van der Waals surface area (Å²) < 4.78 is 10.2. The minimum absolute atomic E-state index is 0.340. The van der Waals surface area contributed by atoms with E-state index in [-0.39, 0.29) is 0 Å². The van der Waals surface area contributed by atoms with Crippen molar-refractivity contribution >= 4 is 0 Å². The van der Waals surface area contributed by atoms with E-state index < -0.39 is 0 Å². The van der Waals surface area contributed by atoms with Gasteiger partial charge < -0.3 is 14.8 Å². The highest BCUT2D eigenvalue weighted by Gasteiger charge is 2.04. The van der Waals surface area contributed by atoms with Gasteiger partial charge in [-0.05, 0) is 37.6 Å². The van der Waals surface area contributed by atoms with Crippen molar-refractivity contribution < 1.29 is 9.47 Å². The van der Waals surface area contributed by atoms with Gasteiger partial charge in [-0.1, -0.05) is 12.1 Å². The van der Waals surface area contributed by atoms with E-state index in [1.54, 1.807) is 14.2 Å². The van der Waals surface area contributed by atoms with Gasteiger partial charge >= 0.3 is 0 Å². The first kappa shape index (κ1) is 13.0. The van der Waals surface area contributed by atoms with Crippen molar-refractivity contribution in [3.8, 4) is 5.75 Å². The van der Waals surface area contributed by atoms with Gasteiger partial charge in [-0.2, -0.15) is 0 Å². The Morgan fingerprint density at radius 3 is 2.81 bits per heavy atom. The number of rotatable bonds is 7. The van der Waals surface area contributed by atoms with Crippen molar-refractivity contribution in [2.45, 2.75) is 19.4 Å². The second-order valence-electron chi connectivity index (χ2n) is 3.80. The molecule has 0 saturated carbocycles. The molecule has 0 spiro atoms. The lowest BCUT2D eigenvalue weighted by Crippen LogP contribution is -2.20. The summed E-state index contributed by atoms with van der Waals surface area (Å²) in [4.78, 5) is 0. The van der Waals surface area contributed by atoms with Crippen molar-refractivity contribution in [2.24, 2.45) is 0 Å². The molecule has 0 radical (unpaired) electrons. The van der Waals surface area contributed by atoms with Crippen molar-refractivity contribution in [2.75, 3.05) is 27.4 Å². The van der Waals surface area contributed by atoms with Gasteiger partial charge in [0.25, 0.3) is 0 Å². The molecular formula is C13H21NO2. The second kappa shape index (κ2) is 7.25. The van der Waals surface area contributed by atoms with Crippen LogP contribution >= 0.6 is 0 Å². The molecule has 0 aliphatic rings. The summed E-state index contributed by atoms with van der Waals surface area (Å²) in [6.45, 7) is 3.92. The lowest BCUT2D eigenvalue weighted by Gasteiger charge is -2.14. The molecule has 0 aliphatic carbocycles. The zero-order valence-electron chi connectivity index (χ0n) is 10.3. The van der Waals surface area contributed by atoms with E-state index in [9.17, 15) is 0 Å². The van der Waals surface area contributed by atoms with Gasteiger partial charge in [0.15, 0.2) is 0 Å². The van der Waals surface area contributed by atoms with Crippen LogP contribution in [0.25, 0.3) is 0 Å². The van der Waals surface area contributed by atoms with E-state index in [4.69, 9.17) is 9.47 Å². The maximum Gasteiger partial charge on any atom is 0.119 e. The molecule has 0 aliphatic heterocycles. The van der Waals surface area contributed by atoms with Crippen LogP contribution in [-0.4, -0.2) is 27.4 Å². The van der Waals surface area contributed by atoms with Gasteiger partial charge in [0.1, 0.15) is 5.75 Å². The molecule has 0 amide bonds. The molecule has 0 unspecified atom stereocenters. The fourth-order valence-electron chi connectivity index (χ4n) is 1.56. The highest BCUT2D eigenvalue weighted by molar-refractivity contribution is 5.30. The highest BCUT2D eigenvalue weighted by atomic mass is 16.5. The fourth-order valence-corrected chi connectivity index (χ4v) is 1.56. The normalized spacial score (nSPS) is 12.4. The quantitative estimate of drug-likeness (QED) is 0.720. The summed E-state index contributed by atoms with van der Waals surface area (Å²) in [5, 5.41) is 3.45. The van der Waals surface area contributed by atoms with Gasteiger partial charge in [0, 0.05) is 19.8 Å². The summed E-state index contributed by atoms with van der Waals surface area (Å²) in [5.41, 5.74) is 1.25. The summed E-state index contributed by atoms with van der Waals surface area (Å²) in [7, 11) is 3.42. The maximum atomic E-state index is 5.20. The smallest absolute Gasteiger partial charge is 0.119 e. The SMILES string of the molecule is COCCCN[C@H](C)c1cccc(OC)c1. The molecule has 1 atom stereocenters. The van der Waals surface area contributed by atoms with E-state index >= 15 is 0 Å². The number of nitrogens with one attached hydrogen (secondary N) is 1. The third-order valence-electron chi connectivity index (χ3n) is 2.57. The van der Waals surface area contributed by atoms with Gasteiger partial charge in [-0.15, -0.1) is 0 Å². The molecule has 0 fully saturated rings. The zero-order valence-corrected chi connectivity index (χ0v) is 10.3. The van der Waals surface area contributed by atoms with Crippen molar-refractivity contribution in [1.82, 2.24) is 5.32 Å². The molecule has 1 rings (SSSR count). The summed E-state index contributed by atoms with van der Waals surface area (Å²) in [6.07, 6.45) is 1.03. The minimum Gasteiger partial charge on any atom is -0.497 e. The number of hydrogen-bond donors (Lipinski definition) is 1. The Hall–Kier alpha value is -1.06. The first-order valence-corrected chi connectivity index (χ1v) is 5.64. The zero-order chi connectivity index (χ0) is 11.8. The predicted molar refractivity (Wildman–Crippen MR) is 65.9 cm³/mol. The molecule has 0 heterocycles. The van der Waals surface area contributed by atoms with E-state index in [0.29, 0.717) is 6.04 Å². The third-order valence-corrected chi connectivity index (χ3v) is 2.57. The highest BCUT2D eigenvalue weighted by Crippen LogP contribution is 2.18. The fraction of sp³-hybridized carbons (Fsp3) is 0.538. The molecule has 1 N–H and O–H groups in total. The third kappa shape index (κ3) is 4.21. The maximum absolute atomic E-state index is 5.20. The van der Waals surface area contributed by atoms with Crippen LogP contribution in [0.4, 0.5) is 0 Å². The lowest BCUT2D eigenvalue weighted by molar-refractivity contribution is 0.193. The van der Waals surface area contributed by atoms with E-state index in [1.807, 2.05) is 12.1 Å². The average Bonchev–Trinajstić information content (AvgIpc) is 2.34. The Labute approximate surface area is 97.8 Å². The Morgan fingerprint density at radius 2 is 2.12 bits per heavy atom. The molecule has 3 nitrogen and oxygen atoms in total. The van der Waals surface area contributed by atoms with Crippen molar-refractivity contribution in [3.05, 3.63) is 29.8 Å². The molecule has 3 heteroatoms. The van der Waals surface area contributed by atoms with E-state index in [0.717, 1.165) is 25.3 Å². The van der Waals surface area contributed by atoms with Gasteiger partial charge in [0.2, 0.25) is 0 Å². The Bertz CT molecular complexity index is 302. The molecule has 1 aromatic rings. The molecule has 0 saturated heterocycles. The Kier molecular flexibility index (Phi) is 5.90. The lowest BCUT2D eigenvalue weighted by atomic mass is 10.1. The van der Waals surface area contributed by atoms with Crippen LogP contribution in [0, 0.1) is 0 Å². The van der Waals surface area contributed by atoms with Gasteiger partial charge in [-0.3, -0.25) is 0 Å². The van der Waals surface area contributed by atoms with Crippen LogP contribution in [0.3, 0.4) is 0 Å². The van der Waals surface area contributed by atoms with Crippen LogP contribution in [0.1, 0.15) is 24.9 Å². The average molecular weight is 223 g/mol. The summed E-state index contributed by atoms with van der Waals surface area (Å²) in [5.74, 6) is 0.906. The molecule has 90 valence electrons. The first-order valence-electron chi connectivity index (χ1n) is 5.64. The Morgan fingerprint density at radius 1 is 1.31 bits per heavy atom. The molecule has 16 heavy (non-hydrogen) atoms. The van der Waals surface area contributed by atoms with Gasteiger partial charge in [-0.25, -0.2) is 0 Å². The number of methoxy groups -OCH3 is 2. The first-order chi connectivity index (χ1) is 7.77. The van der Waals surface area contributed by atoms with Crippen LogP contribution in [0.5, 0.6) is 5.75 Å². The molecule has 0 aromatic heterocycles. The monoisotopic (exact) mass is 223 g/mol. The molecule has 1 aromatic carbocycles. The number of ether oxygens (including phenoxy) is 2. The topological polar surface area (TPSA) is 30.5 Å². The summed E-state index contributed by atoms with van der Waals surface area (Å²) >= 11 is 0.